The van der Waals surface area contributed by atoms with Gasteiger partial charge in [-0.05, 0) is 50.6 Å². The van der Waals surface area contributed by atoms with Crippen molar-refractivity contribution in [3.05, 3.63) is 77.7 Å². The number of anilines is 1. The number of carbonyl (C=O) groups is 1. The Hall–Kier alpha value is -3.67. The van der Waals surface area contributed by atoms with E-state index in [9.17, 15) is 4.79 Å². The summed E-state index contributed by atoms with van der Waals surface area (Å²) in [4.78, 5) is 17.5. The zero-order valence-electron chi connectivity index (χ0n) is 16.6. The van der Waals surface area contributed by atoms with Crippen LogP contribution in [-0.2, 0) is 0 Å². The van der Waals surface area contributed by atoms with Crippen LogP contribution in [-0.4, -0.2) is 27.1 Å². The lowest BCUT2D eigenvalue weighted by atomic mass is 10.1. The molecule has 4 rings (SSSR count). The van der Waals surface area contributed by atoms with E-state index in [0.29, 0.717) is 23.6 Å². The first-order valence-electron chi connectivity index (χ1n) is 9.53. The quantitative estimate of drug-likeness (QED) is 0.541. The summed E-state index contributed by atoms with van der Waals surface area (Å²) in [5, 5.41) is 7.48. The first kappa shape index (κ1) is 18.7. The van der Waals surface area contributed by atoms with Gasteiger partial charge < -0.3 is 10.1 Å². The molecule has 0 saturated heterocycles. The van der Waals surface area contributed by atoms with Gasteiger partial charge in [0.1, 0.15) is 5.75 Å². The molecule has 0 aliphatic rings. The molecular formula is C23H22N4O2. The molecule has 2 aromatic carbocycles. The Morgan fingerprint density at radius 1 is 1.03 bits per heavy atom. The lowest BCUT2D eigenvalue weighted by molar-refractivity contribution is 0.102. The van der Waals surface area contributed by atoms with Gasteiger partial charge in [0.25, 0.3) is 5.91 Å². The third-order valence-electron chi connectivity index (χ3n) is 4.71. The Morgan fingerprint density at radius 3 is 2.45 bits per heavy atom. The molecule has 0 atom stereocenters. The maximum Gasteiger partial charge on any atom is 0.259 e. The van der Waals surface area contributed by atoms with Gasteiger partial charge in [0.15, 0.2) is 5.65 Å². The third kappa shape index (κ3) is 3.69. The number of aromatic nitrogens is 3. The van der Waals surface area contributed by atoms with Gasteiger partial charge in [-0.15, -0.1) is 0 Å². The van der Waals surface area contributed by atoms with Gasteiger partial charge in [0.2, 0.25) is 0 Å². The van der Waals surface area contributed by atoms with Crippen molar-refractivity contribution in [1.29, 1.82) is 0 Å². The van der Waals surface area contributed by atoms with E-state index in [1.165, 1.54) is 0 Å². The molecule has 4 aromatic rings. The Balaban J connectivity index is 1.66. The van der Waals surface area contributed by atoms with Crippen molar-refractivity contribution in [3.63, 3.8) is 0 Å². The fourth-order valence-corrected chi connectivity index (χ4v) is 3.33. The second kappa shape index (κ2) is 7.75. The minimum Gasteiger partial charge on any atom is -0.494 e. The lowest BCUT2D eigenvalue weighted by Crippen LogP contribution is -2.15. The van der Waals surface area contributed by atoms with Crippen molar-refractivity contribution in [1.82, 2.24) is 14.6 Å². The number of hydrogen-bond donors (Lipinski definition) is 1. The molecule has 0 aliphatic heterocycles. The molecule has 0 aliphatic carbocycles. The van der Waals surface area contributed by atoms with E-state index in [-0.39, 0.29) is 5.91 Å². The number of nitrogens with zero attached hydrogens (tertiary/aromatic N) is 3. The predicted octanol–water partition coefficient (Wildman–Crippen LogP) is 4.66. The maximum atomic E-state index is 12.8. The van der Waals surface area contributed by atoms with Crippen LogP contribution < -0.4 is 10.1 Å². The van der Waals surface area contributed by atoms with E-state index >= 15 is 0 Å². The lowest BCUT2D eigenvalue weighted by Gasteiger charge is -2.09. The summed E-state index contributed by atoms with van der Waals surface area (Å²) in [5.74, 6) is 0.542. The first-order chi connectivity index (χ1) is 14.1. The number of aryl methyl sites for hydroxylation is 2. The number of nitrogens with one attached hydrogen (secondary N) is 1. The van der Waals surface area contributed by atoms with E-state index in [1.54, 1.807) is 10.7 Å². The summed E-state index contributed by atoms with van der Waals surface area (Å²) >= 11 is 0. The van der Waals surface area contributed by atoms with Crippen molar-refractivity contribution < 1.29 is 9.53 Å². The molecule has 146 valence electrons. The molecule has 6 heteroatoms. The topological polar surface area (TPSA) is 68.5 Å². The minimum atomic E-state index is -0.226. The van der Waals surface area contributed by atoms with Gasteiger partial charge in [-0.25, -0.2) is 9.50 Å². The summed E-state index contributed by atoms with van der Waals surface area (Å²) < 4.78 is 7.11. The van der Waals surface area contributed by atoms with Crippen molar-refractivity contribution in [2.24, 2.45) is 0 Å². The summed E-state index contributed by atoms with van der Waals surface area (Å²) in [6.07, 6.45) is 1.74. The average molecular weight is 386 g/mol. The summed E-state index contributed by atoms with van der Waals surface area (Å²) in [7, 11) is 0. The normalized spacial score (nSPS) is 10.9. The molecule has 1 N–H and O–H groups in total. The molecule has 6 nitrogen and oxygen atoms in total. The monoisotopic (exact) mass is 386 g/mol. The third-order valence-corrected chi connectivity index (χ3v) is 4.71. The number of hydrogen-bond acceptors (Lipinski definition) is 4. The van der Waals surface area contributed by atoms with E-state index in [0.717, 1.165) is 28.2 Å². The van der Waals surface area contributed by atoms with Gasteiger partial charge in [0, 0.05) is 17.4 Å². The largest absolute Gasteiger partial charge is 0.494 e. The molecule has 2 aromatic heterocycles. The van der Waals surface area contributed by atoms with Crippen LogP contribution in [0.5, 0.6) is 5.75 Å². The first-order valence-corrected chi connectivity index (χ1v) is 9.53. The highest BCUT2D eigenvalue weighted by Crippen LogP contribution is 2.27. The fourth-order valence-electron chi connectivity index (χ4n) is 3.33. The standard InChI is InChI=1S/C23H22N4O2/c1-4-29-19-12-10-18(11-13-19)25-23(28)20-14-27-22(24-15(20)2)21(16(3)26-27)17-8-6-5-7-9-17/h5-14H,4H2,1-3H3,(H,25,28). The average Bonchev–Trinajstić information content (AvgIpc) is 3.04. The van der Waals surface area contributed by atoms with Crippen LogP contribution in [0, 0.1) is 13.8 Å². The maximum absolute atomic E-state index is 12.8. The summed E-state index contributed by atoms with van der Waals surface area (Å²) in [6.45, 7) is 6.32. The van der Waals surface area contributed by atoms with E-state index in [1.807, 2.05) is 75.4 Å². The number of rotatable bonds is 5. The molecular weight excluding hydrogens is 364 g/mol. The van der Waals surface area contributed by atoms with Crippen molar-refractivity contribution in [2.45, 2.75) is 20.8 Å². The Bertz CT molecular complexity index is 1170. The van der Waals surface area contributed by atoms with Gasteiger partial charge in [-0.3, -0.25) is 4.79 Å². The number of amides is 1. The van der Waals surface area contributed by atoms with Gasteiger partial charge in [-0.2, -0.15) is 5.10 Å². The van der Waals surface area contributed by atoms with Crippen molar-refractivity contribution >= 4 is 17.2 Å². The van der Waals surface area contributed by atoms with Gasteiger partial charge in [0.05, 0.1) is 23.6 Å². The molecule has 0 fully saturated rings. The van der Waals surface area contributed by atoms with Crippen LogP contribution in [0.25, 0.3) is 16.8 Å². The van der Waals surface area contributed by atoms with Gasteiger partial charge in [-0.1, -0.05) is 30.3 Å². The number of ether oxygens (including phenoxy) is 1. The molecule has 0 unspecified atom stereocenters. The second-order valence-corrected chi connectivity index (χ2v) is 6.75. The molecule has 0 saturated carbocycles. The number of benzene rings is 2. The SMILES string of the molecule is CCOc1ccc(NC(=O)c2cn3nc(C)c(-c4ccccc4)c3nc2C)cc1. The zero-order chi connectivity index (χ0) is 20.4. The predicted molar refractivity (Wildman–Crippen MR) is 113 cm³/mol. The highest BCUT2D eigenvalue weighted by molar-refractivity contribution is 6.05. The minimum absolute atomic E-state index is 0.226. The molecule has 2 heterocycles. The summed E-state index contributed by atoms with van der Waals surface area (Å²) in [5.41, 5.74) is 5.47. The molecule has 1 amide bonds. The number of fused-ring (bicyclic) bond motifs is 1. The molecule has 0 spiro atoms. The Kier molecular flexibility index (Phi) is 4.99. The van der Waals surface area contributed by atoms with Crippen molar-refractivity contribution in [3.8, 4) is 16.9 Å². The van der Waals surface area contributed by atoms with Crippen LogP contribution >= 0.6 is 0 Å². The fraction of sp³-hybridized carbons (Fsp3) is 0.174. The highest BCUT2D eigenvalue weighted by Gasteiger charge is 2.18. The Morgan fingerprint density at radius 2 is 1.76 bits per heavy atom. The molecule has 29 heavy (non-hydrogen) atoms. The second-order valence-electron chi connectivity index (χ2n) is 6.75. The van der Waals surface area contributed by atoms with Crippen molar-refractivity contribution in [2.75, 3.05) is 11.9 Å². The van der Waals surface area contributed by atoms with Crippen LogP contribution in [0.1, 0.15) is 28.7 Å². The van der Waals surface area contributed by atoms with Crippen LogP contribution in [0.15, 0.2) is 60.8 Å². The smallest absolute Gasteiger partial charge is 0.259 e. The summed E-state index contributed by atoms with van der Waals surface area (Å²) in [6, 6.07) is 17.3. The van der Waals surface area contributed by atoms with Crippen LogP contribution in [0.2, 0.25) is 0 Å². The van der Waals surface area contributed by atoms with E-state index < -0.39 is 0 Å². The Labute approximate surface area is 169 Å². The highest BCUT2D eigenvalue weighted by atomic mass is 16.5. The molecule has 0 bridgehead atoms. The molecule has 0 radical (unpaired) electrons. The van der Waals surface area contributed by atoms with Crippen LogP contribution in [0.3, 0.4) is 0 Å². The number of carbonyl (C=O) groups excluding carboxylic acids is 1. The van der Waals surface area contributed by atoms with Crippen LogP contribution in [0.4, 0.5) is 5.69 Å². The zero-order valence-corrected chi connectivity index (χ0v) is 16.6. The van der Waals surface area contributed by atoms with E-state index in [4.69, 9.17) is 9.72 Å². The van der Waals surface area contributed by atoms with Gasteiger partial charge >= 0.3 is 0 Å². The van der Waals surface area contributed by atoms with E-state index in [2.05, 4.69) is 10.4 Å².